The molecule has 2 N–H and O–H groups in total. The van der Waals surface area contributed by atoms with Crippen LogP contribution in [-0.2, 0) is 27.3 Å². The van der Waals surface area contributed by atoms with Crippen molar-refractivity contribution in [2.75, 3.05) is 38.0 Å². The third-order valence-electron chi connectivity index (χ3n) is 6.64. The number of nitrogens with zero attached hydrogens (tertiary/aromatic N) is 1. The van der Waals surface area contributed by atoms with Gasteiger partial charge < -0.3 is 29.7 Å². The minimum Gasteiger partial charge on any atom is -0.493 e. The van der Waals surface area contributed by atoms with Crippen molar-refractivity contribution in [1.82, 2.24) is 4.90 Å². The first kappa shape index (κ1) is 30.9. The second-order valence-electron chi connectivity index (χ2n) is 9.42. The van der Waals surface area contributed by atoms with Crippen molar-refractivity contribution in [2.45, 2.75) is 43.9 Å². The number of methoxy groups -OCH3 is 2. The van der Waals surface area contributed by atoms with Gasteiger partial charge in [0, 0.05) is 34.5 Å². The second kappa shape index (κ2) is 13.8. The van der Waals surface area contributed by atoms with E-state index < -0.39 is 11.2 Å². The van der Waals surface area contributed by atoms with Crippen molar-refractivity contribution in [1.29, 1.82) is 0 Å². The summed E-state index contributed by atoms with van der Waals surface area (Å²) in [5.41, 5.74) is 2.16. The fourth-order valence-corrected chi connectivity index (χ4v) is 6.66. The predicted octanol–water partition coefficient (Wildman–Crippen LogP) is 5.22. The highest BCUT2D eigenvalue weighted by Crippen LogP contribution is 2.38. The zero-order chi connectivity index (χ0) is 30.4. The second-order valence-corrected chi connectivity index (χ2v) is 11.9. The molecule has 3 amide bonds. The van der Waals surface area contributed by atoms with E-state index in [1.54, 1.807) is 55.1 Å². The van der Waals surface area contributed by atoms with Crippen molar-refractivity contribution in [3.05, 3.63) is 64.0 Å². The Kier molecular flexibility index (Phi) is 10.1. The predicted molar refractivity (Wildman–Crippen MR) is 163 cm³/mol. The molecule has 2 heterocycles. The van der Waals surface area contributed by atoms with E-state index in [2.05, 4.69) is 10.6 Å². The normalized spacial score (nSPS) is 13.0. The molecular formula is C30H33N3O7S2. The summed E-state index contributed by atoms with van der Waals surface area (Å²) in [5, 5.41) is 5.70. The Bertz CT molecular complexity index is 1500. The monoisotopic (exact) mass is 611 g/mol. The molecule has 0 bridgehead atoms. The number of thioether (sulfide) groups is 1. The highest BCUT2D eigenvalue weighted by molar-refractivity contribution is 8.00. The molecule has 0 saturated heterocycles. The summed E-state index contributed by atoms with van der Waals surface area (Å²) in [5.74, 6) is -0.157. The van der Waals surface area contributed by atoms with Crippen LogP contribution < -0.4 is 20.1 Å². The minimum absolute atomic E-state index is 0.0375. The van der Waals surface area contributed by atoms with E-state index in [9.17, 15) is 19.2 Å². The number of anilines is 2. The molecule has 0 spiro atoms. The first-order valence-corrected chi connectivity index (χ1v) is 15.0. The number of esters is 1. The molecule has 1 aliphatic rings. The number of hydrogen-bond donors (Lipinski definition) is 2. The van der Waals surface area contributed by atoms with Crippen LogP contribution in [-0.4, -0.2) is 61.2 Å². The maximum atomic E-state index is 13.3. The Morgan fingerprint density at radius 1 is 1.05 bits per heavy atom. The van der Waals surface area contributed by atoms with Crippen LogP contribution >= 0.6 is 23.1 Å². The Balaban J connectivity index is 1.46. The summed E-state index contributed by atoms with van der Waals surface area (Å²) in [6, 6.07) is 12.1. The summed E-state index contributed by atoms with van der Waals surface area (Å²) in [4.78, 5) is 54.3. The number of fused-ring (bicyclic) bond motifs is 1. The Hall–Kier alpha value is -4.03. The number of thiophene rings is 1. The third-order valence-corrected chi connectivity index (χ3v) is 8.86. The van der Waals surface area contributed by atoms with Crippen LogP contribution in [0.5, 0.6) is 11.5 Å². The van der Waals surface area contributed by atoms with Crippen LogP contribution in [0.1, 0.15) is 51.9 Å². The molecule has 0 saturated carbocycles. The van der Waals surface area contributed by atoms with E-state index in [4.69, 9.17) is 14.2 Å². The molecule has 0 radical (unpaired) electrons. The fraction of sp³-hybridized carbons (Fsp3) is 0.333. The van der Waals surface area contributed by atoms with Crippen LogP contribution in [0.3, 0.4) is 0 Å². The van der Waals surface area contributed by atoms with E-state index in [0.29, 0.717) is 52.8 Å². The van der Waals surface area contributed by atoms with Crippen molar-refractivity contribution >= 4 is 57.5 Å². The molecule has 1 unspecified atom stereocenters. The summed E-state index contributed by atoms with van der Waals surface area (Å²) in [6.07, 6.45) is 0.515. The number of benzene rings is 2. The number of hydrogen-bond acceptors (Lipinski definition) is 9. The van der Waals surface area contributed by atoms with Crippen LogP contribution in [0.25, 0.3) is 0 Å². The van der Waals surface area contributed by atoms with E-state index in [0.717, 1.165) is 15.3 Å². The molecule has 12 heteroatoms. The maximum absolute atomic E-state index is 13.3. The number of ether oxygens (including phenoxy) is 3. The van der Waals surface area contributed by atoms with E-state index >= 15 is 0 Å². The first-order valence-electron chi connectivity index (χ1n) is 13.3. The minimum atomic E-state index is -0.523. The number of amides is 3. The average Bonchev–Trinajstić information content (AvgIpc) is 3.34. The Morgan fingerprint density at radius 3 is 2.50 bits per heavy atom. The van der Waals surface area contributed by atoms with Crippen LogP contribution in [0.15, 0.2) is 47.4 Å². The number of nitrogens with one attached hydrogen (secondary N) is 2. The van der Waals surface area contributed by atoms with E-state index in [1.807, 2.05) is 6.07 Å². The summed E-state index contributed by atoms with van der Waals surface area (Å²) >= 11 is 2.62. The first-order chi connectivity index (χ1) is 20.1. The van der Waals surface area contributed by atoms with Gasteiger partial charge in [0.25, 0.3) is 5.91 Å². The highest BCUT2D eigenvalue weighted by Gasteiger charge is 2.31. The van der Waals surface area contributed by atoms with Crippen LogP contribution in [0.2, 0.25) is 0 Å². The fourth-order valence-electron chi connectivity index (χ4n) is 4.48. The van der Waals surface area contributed by atoms with Crippen molar-refractivity contribution in [3.8, 4) is 11.5 Å². The summed E-state index contributed by atoms with van der Waals surface area (Å²) in [6.45, 7) is 6.12. The number of rotatable bonds is 10. The smallest absolute Gasteiger partial charge is 0.341 e. The number of carbonyl (C=O) groups excluding carboxylic acids is 4. The zero-order valence-corrected chi connectivity index (χ0v) is 25.7. The topological polar surface area (TPSA) is 123 Å². The standard InChI is InChI=1S/C30H33N3O7S2/c1-6-40-30(37)26-22-12-13-33(18(3)34)16-25(22)42-29(26)32-27(35)17(2)41-21-9-7-8-20(15-21)31-28(36)19-10-11-23(38-4)24(14-19)39-5/h7-11,14-15,17H,6,12-13,16H2,1-5H3,(H,31,36)(H,32,35). The molecule has 0 fully saturated rings. The highest BCUT2D eigenvalue weighted by atomic mass is 32.2. The Labute approximate surface area is 252 Å². The molecular weight excluding hydrogens is 578 g/mol. The largest absolute Gasteiger partial charge is 0.493 e. The van der Waals surface area contributed by atoms with Crippen molar-refractivity contribution < 1.29 is 33.4 Å². The summed E-state index contributed by atoms with van der Waals surface area (Å²) in [7, 11) is 3.03. The molecule has 1 aliphatic heterocycles. The van der Waals surface area contributed by atoms with Crippen LogP contribution in [0, 0.1) is 0 Å². The molecule has 222 valence electrons. The SMILES string of the molecule is CCOC(=O)c1c(NC(=O)C(C)Sc2cccc(NC(=O)c3ccc(OC)c(OC)c3)c2)sc2c1CCN(C(C)=O)C2. The van der Waals surface area contributed by atoms with Gasteiger partial charge in [0.2, 0.25) is 11.8 Å². The molecule has 10 nitrogen and oxygen atoms in total. The zero-order valence-electron chi connectivity index (χ0n) is 24.1. The van der Waals surface area contributed by atoms with Gasteiger partial charge >= 0.3 is 5.97 Å². The van der Waals surface area contributed by atoms with E-state index in [-0.39, 0.29) is 24.3 Å². The van der Waals surface area contributed by atoms with Gasteiger partial charge in [0.1, 0.15) is 5.00 Å². The van der Waals surface area contributed by atoms with Gasteiger partial charge in [-0.3, -0.25) is 14.4 Å². The molecule has 3 aromatic rings. The van der Waals surface area contributed by atoms with Gasteiger partial charge in [-0.25, -0.2) is 4.79 Å². The van der Waals surface area contributed by atoms with Crippen molar-refractivity contribution in [3.63, 3.8) is 0 Å². The molecule has 1 atom stereocenters. The van der Waals surface area contributed by atoms with Gasteiger partial charge in [-0.05, 0) is 62.2 Å². The molecule has 42 heavy (non-hydrogen) atoms. The van der Waals surface area contributed by atoms with Crippen LogP contribution in [0.4, 0.5) is 10.7 Å². The van der Waals surface area contributed by atoms with Gasteiger partial charge in [0.15, 0.2) is 11.5 Å². The average molecular weight is 612 g/mol. The van der Waals surface area contributed by atoms with Crippen molar-refractivity contribution in [2.24, 2.45) is 0 Å². The number of carbonyl (C=O) groups is 4. The lowest BCUT2D eigenvalue weighted by Crippen LogP contribution is -2.34. The van der Waals surface area contributed by atoms with E-state index in [1.165, 1.54) is 44.2 Å². The lowest BCUT2D eigenvalue weighted by Gasteiger charge is -2.25. The van der Waals surface area contributed by atoms with Gasteiger partial charge in [0.05, 0.1) is 38.2 Å². The molecule has 2 aromatic carbocycles. The third kappa shape index (κ3) is 7.05. The van der Waals surface area contributed by atoms with Gasteiger partial charge in [-0.15, -0.1) is 23.1 Å². The Morgan fingerprint density at radius 2 is 1.81 bits per heavy atom. The summed E-state index contributed by atoms with van der Waals surface area (Å²) < 4.78 is 15.8. The molecule has 1 aromatic heterocycles. The van der Waals surface area contributed by atoms with Gasteiger partial charge in [-0.1, -0.05) is 6.07 Å². The quantitative estimate of drug-likeness (QED) is 0.236. The maximum Gasteiger partial charge on any atom is 0.341 e. The lowest BCUT2D eigenvalue weighted by atomic mass is 10.0. The van der Waals surface area contributed by atoms with Gasteiger partial charge in [-0.2, -0.15) is 0 Å². The molecule has 0 aliphatic carbocycles. The molecule has 4 rings (SSSR count). The lowest BCUT2D eigenvalue weighted by molar-refractivity contribution is -0.129.